The van der Waals surface area contributed by atoms with E-state index in [4.69, 9.17) is 4.74 Å². The van der Waals surface area contributed by atoms with Crippen LogP contribution in [0.4, 0.5) is 5.82 Å². The molecular weight excluding hydrogens is 208 g/mol. The van der Waals surface area contributed by atoms with Gasteiger partial charge in [-0.3, -0.25) is 0 Å². The van der Waals surface area contributed by atoms with Crippen molar-refractivity contribution >= 4 is 11.8 Å². The van der Waals surface area contributed by atoms with E-state index >= 15 is 0 Å². The molecule has 1 heterocycles. The maximum absolute atomic E-state index is 11.4. The van der Waals surface area contributed by atoms with Crippen molar-refractivity contribution in [2.75, 3.05) is 32.2 Å². The topological polar surface area (TPSA) is 60.5 Å². The third kappa shape index (κ3) is 3.51. The quantitative estimate of drug-likeness (QED) is 0.583. The number of nitrogens with zero attached hydrogens (tertiary/aromatic N) is 1. The Bertz CT molecular complexity index is 342. The first-order valence-electron chi connectivity index (χ1n) is 5.14. The van der Waals surface area contributed by atoms with E-state index in [2.05, 4.69) is 15.0 Å². The van der Waals surface area contributed by atoms with Crippen molar-refractivity contribution in [2.45, 2.75) is 6.92 Å². The van der Waals surface area contributed by atoms with Gasteiger partial charge in [-0.05, 0) is 19.1 Å². The van der Waals surface area contributed by atoms with E-state index in [0.29, 0.717) is 31.1 Å². The van der Waals surface area contributed by atoms with Gasteiger partial charge >= 0.3 is 5.97 Å². The van der Waals surface area contributed by atoms with Gasteiger partial charge in [0.15, 0.2) is 0 Å². The lowest BCUT2D eigenvalue weighted by atomic mass is 10.2. The van der Waals surface area contributed by atoms with Crippen LogP contribution in [0, 0.1) is 0 Å². The van der Waals surface area contributed by atoms with Gasteiger partial charge in [0.1, 0.15) is 11.4 Å². The molecule has 5 heteroatoms. The number of methoxy groups -OCH3 is 1. The van der Waals surface area contributed by atoms with Crippen LogP contribution in [0.25, 0.3) is 0 Å². The molecule has 0 saturated carbocycles. The van der Waals surface area contributed by atoms with Gasteiger partial charge in [-0.2, -0.15) is 0 Å². The summed E-state index contributed by atoms with van der Waals surface area (Å²) in [6, 6.07) is 3.36. The second kappa shape index (κ2) is 6.79. The van der Waals surface area contributed by atoms with Crippen molar-refractivity contribution in [3.63, 3.8) is 0 Å². The maximum atomic E-state index is 11.4. The summed E-state index contributed by atoms with van der Waals surface area (Å²) in [5.41, 5.74) is 0.432. The van der Waals surface area contributed by atoms with Gasteiger partial charge in [0.25, 0.3) is 0 Å². The molecule has 0 saturated heterocycles. The number of ether oxygens (including phenoxy) is 2. The van der Waals surface area contributed by atoms with E-state index in [-0.39, 0.29) is 0 Å². The molecule has 16 heavy (non-hydrogen) atoms. The fraction of sp³-hybridized carbons (Fsp3) is 0.455. The number of aromatic nitrogens is 1. The van der Waals surface area contributed by atoms with E-state index in [1.54, 1.807) is 18.3 Å². The molecule has 1 aromatic heterocycles. The van der Waals surface area contributed by atoms with Crippen LogP contribution < -0.4 is 5.32 Å². The van der Waals surface area contributed by atoms with Gasteiger partial charge in [-0.15, -0.1) is 0 Å². The smallest absolute Gasteiger partial charge is 0.341 e. The second-order valence-corrected chi connectivity index (χ2v) is 3.01. The summed E-state index contributed by atoms with van der Waals surface area (Å²) < 4.78 is 9.83. The normalized spacial score (nSPS) is 9.88. The molecule has 0 atom stereocenters. The average molecular weight is 224 g/mol. The van der Waals surface area contributed by atoms with Crippen molar-refractivity contribution in [1.29, 1.82) is 0 Å². The van der Waals surface area contributed by atoms with E-state index in [0.717, 1.165) is 0 Å². The number of carbonyl (C=O) groups excluding carboxylic acids is 1. The molecule has 0 aliphatic carbocycles. The zero-order valence-electron chi connectivity index (χ0n) is 9.53. The maximum Gasteiger partial charge on any atom is 0.341 e. The fourth-order valence-electron chi connectivity index (χ4n) is 1.21. The largest absolute Gasteiger partial charge is 0.465 e. The first-order chi connectivity index (χ1) is 7.79. The van der Waals surface area contributed by atoms with Gasteiger partial charge < -0.3 is 14.8 Å². The summed E-state index contributed by atoms with van der Waals surface area (Å²) >= 11 is 0. The minimum Gasteiger partial charge on any atom is -0.465 e. The molecule has 0 spiro atoms. The van der Waals surface area contributed by atoms with E-state index in [9.17, 15) is 4.79 Å². The van der Waals surface area contributed by atoms with Gasteiger partial charge in [0.2, 0.25) is 0 Å². The molecule has 0 aromatic carbocycles. The van der Waals surface area contributed by atoms with Crippen LogP contribution in [0.1, 0.15) is 17.3 Å². The highest BCUT2D eigenvalue weighted by molar-refractivity contribution is 5.94. The van der Waals surface area contributed by atoms with Crippen molar-refractivity contribution in [2.24, 2.45) is 0 Å². The minimum absolute atomic E-state index is 0.396. The van der Waals surface area contributed by atoms with Crippen LogP contribution in [0.3, 0.4) is 0 Å². The number of esters is 1. The monoisotopic (exact) mass is 224 g/mol. The molecule has 0 aliphatic rings. The SMILES string of the molecule is CCOCCNc1ncccc1C(=O)OC. The van der Waals surface area contributed by atoms with Gasteiger partial charge in [-0.25, -0.2) is 9.78 Å². The van der Waals surface area contributed by atoms with Crippen LogP contribution >= 0.6 is 0 Å². The Morgan fingerprint density at radius 2 is 2.38 bits per heavy atom. The Labute approximate surface area is 94.8 Å². The number of hydrogen-bond acceptors (Lipinski definition) is 5. The predicted octanol–water partition coefficient (Wildman–Crippen LogP) is 1.32. The molecule has 0 unspecified atom stereocenters. The average Bonchev–Trinajstić information content (AvgIpc) is 2.34. The zero-order valence-corrected chi connectivity index (χ0v) is 9.53. The fourth-order valence-corrected chi connectivity index (χ4v) is 1.21. The van der Waals surface area contributed by atoms with Crippen LogP contribution in [0.5, 0.6) is 0 Å². The van der Waals surface area contributed by atoms with E-state index < -0.39 is 5.97 Å². The van der Waals surface area contributed by atoms with Crippen LogP contribution in [-0.2, 0) is 9.47 Å². The zero-order chi connectivity index (χ0) is 11.8. The van der Waals surface area contributed by atoms with Crippen molar-refractivity contribution in [3.8, 4) is 0 Å². The molecule has 0 fully saturated rings. The molecular formula is C11H16N2O3. The Balaban J connectivity index is 2.60. The molecule has 88 valence electrons. The number of rotatable bonds is 6. The summed E-state index contributed by atoms with van der Waals surface area (Å²) in [6.45, 7) is 3.79. The standard InChI is InChI=1S/C11H16N2O3/c1-3-16-8-7-13-10-9(11(14)15-2)5-4-6-12-10/h4-6H,3,7-8H2,1-2H3,(H,12,13). The van der Waals surface area contributed by atoms with E-state index in [1.807, 2.05) is 6.92 Å². The Kier molecular flexibility index (Phi) is 5.28. The molecule has 1 N–H and O–H groups in total. The molecule has 0 aliphatic heterocycles. The Hall–Kier alpha value is -1.62. The van der Waals surface area contributed by atoms with Gasteiger partial charge in [-0.1, -0.05) is 0 Å². The number of pyridine rings is 1. The van der Waals surface area contributed by atoms with Crippen LogP contribution in [0.15, 0.2) is 18.3 Å². The minimum atomic E-state index is -0.396. The first-order valence-corrected chi connectivity index (χ1v) is 5.14. The summed E-state index contributed by atoms with van der Waals surface area (Å²) in [4.78, 5) is 15.5. The molecule has 1 rings (SSSR count). The predicted molar refractivity (Wildman–Crippen MR) is 60.6 cm³/mol. The molecule has 0 radical (unpaired) electrons. The van der Waals surface area contributed by atoms with Crippen molar-refractivity contribution in [1.82, 2.24) is 4.98 Å². The lowest BCUT2D eigenvalue weighted by Gasteiger charge is -2.08. The van der Waals surface area contributed by atoms with Crippen molar-refractivity contribution in [3.05, 3.63) is 23.9 Å². The molecule has 0 amide bonds. The van der Waals surface area contributed by atoms with Gasteiger partial charge in [0.05, 0.1) is 13.7 Å². The third-order valence-electron chi connectivity index (χ3n) is 1.96. The lowest BCUT2D eigenvalue weighted by molar-refractivity contribution is 0.0601. The molecule has 0 bridgehead atoms. The lowest BCUT2D eigenvalue weighted by Crippen LogP contribution is -2.14. The summed E-state index contributed by atoms with van der Waals surface area (Å²) in [6.07, 6.45) is 1.62. The Morgan fingerprint density at radius 1 is 1.56 bits per heavy atom. The second-order valence-electron chi connectivity index (χ2n) is 3.01. The Morgan fingerprint density at radius 3 is 3.06 bits per heavy atom. The highest BCUT2D eigenvalue weighted by atomic mass is 16.5. The molecule has 1 aromatic rings. The number of hydrogen-bond donors (Lipinski definition) is 1. The molecule has 5 nitrogen and oxygen atoms in total. The highest BCUT2D eigenvalue weighted by Gasteiger charge is 2.11. The first kappa shape index (κ1) is 12.4. The number of anilines is 1. The highest BCUT2D eigenvalue weighted by Crippen LogP contribution is 2.11. The van der Waals surface area contributed by atoms with Crippen molar-refractivity contribution < 1.29 is 14.3 Å². The summed E-state index contributed by atoms with van der Waals surface area (Å²) in [5, 5.41) is 3.03. The number of nitrogens with one attached hydrogen (secondary N) is 1. The van der Waals surface area contributed by atoms with Crippen LogP contribution in [0.2, 0.25) is 0 Å². The summed E-state index contributed by atoms with van der Waals surface area (Å²) in [7, 11) is 1.35. The van der Waals surface area contributed by atoms with Crippen LogP contribution in [-0.4, -0.2) is 37.8 Å². The number of carbonyl (C=O) groups is 1. The van der Waals surface area contributed by atoms with E-state index in [1.165, 1.54) is 7.11 Å². The van der Waals surface area contributed by atoms with Gasteiger partial charge in [0, 0.05) is 19.3 Å². The third-order valence-corrected chi connectivity index (χ3v) is 1.96. The summed E-state index contributed by atoms with van der Waals surface area (Å²) in [5.74, 6) is 0.126.